The number of nitrogen functional groups attached to an aromatic ring is 1. The van der Waals surface area contributed by atoms with Crippen molar-refractivity contribution in [3.05, 3.63) is 28.2 Å². The molecular weight excluding hydrogens is 232 g/mol. The van der Waals surface area contributed by atoms with Crippen LogP contribution >= 0.6 is 11.3 Å². The van der Waals surface area contributed by atoms with Crippen LogP contribution in [0.4, 0.5) is 11.6 Å². The molecule has 0 aliphatic carbocycles. The third-order valence-electron chi connectivity index (χ3n) is 2.66. The van der Waals surface area contributed by atoms with E-state index in [4.69, 9.17) is 5.73 Å². The fourth-order valence-electron chi connectivity index (χ4n) is 1.80. The van der Waals surface area contributed by atoms with Crippen molar-refractivity contribution in [3.63, 3.8) is 0 Å². The average molecular weight is 250 g/mol. The molecule has 92 valence electrons. The summed E-state index contributed by atoms with van der Waals surface area (Å²) in [7, 11) is 0. The Bertz CT molecular complexity index is 473. The highest BCUT2D eigenvalue weighted by atomic mass is 32.1. The Labute approximate surface area is 105 Å². The minimum Gasteiger partial charge on any atom is -0.382 e. The molecule has 1 atom stereocenters. The van der Waals surface area contributed by atoms with Gasteiger partial charge in [0, 0.05) is 4.88 Å². The number of aromatic amines is 1. The molecule has 4 nitrogen and oxygen atoms in total. The fraction of sp³-hybridized carbons (Fsp3) is 0.417. The van der Waals surface area contributed by atoms with Gasteiger partial charge in [0.2, 0.25) is 0 Å². The van der Waals surface area contributed by atoms with Crippen LogP contribution in [-0.2, 0) is 0 Å². The molecule has 5 heteroatoms. The van der Waals surface area contributed by atoms with Gasteiger partial charge in [-0.2, -0.15) is 0 Å². The van der Waals surface area contributed by atoms with Gasteiger partial charge in [-0.15, -0.1) is 11.3 Å². The van der Waals surface area contributed by atoms with Crippen LogP contribution in [0.25, 0.3) is 0 Å². The molecule has 2 heterocycles. The lowest BCUT2D eigenvalue weighted by Crippen LogP contribution is -2.16. The molecule has 0 aliphatic heterocycles. The van der Waals surface area contributed by atoms with Crippen LogP contribution in [0.3, 0.4) is 0 Å². The Morgan fingerprint density at radius 2 is 2.24 bits per heavy atom. The highest BCUT2D eigenvalue weighted by molar-refractivity contribution is 7.10. The van der Waals surface area contributed by atoms with Gasteiger partial charge in [0.15, 0.2) is 5.82 Å². The largest absolute Gasteiger partial charge is 0.382 e. The van der Waals surface area contributed by atoms with E-state index in [1.54, 1.807) is 11.3 Å². The number of nitrogens with two attached hydrogens (primary N) is 1. The zero-order chi connectivity index (χ0) is 12.4. The van der Waals surface area contributed by atoms with Gasteiger partial charge in [-0.05, 0) is 24.3 Å². The van der Waals surface area contributed by atoms with E-state index >= 15 is 0 Å². The summed E-state index contributed by atoms with van der Waals surface area (Å²) in [6.07, 6.45) is 0. The van der Waals surface area contributed by atoms with Crippen LogP contribution in [0.5, 0.6) is 0 Å². The van der Waals surface area contributed by atoms with Crippen molar-refractivity contribution in [2.24, 2.45) is 5.92 Å². The third kappa shape index (κ3) is 2.61. The number of hydrogen-bond acceptors (Lipinski definition) is 4. The molecule has 2 rings (SSSR count). The van der Waals surface area contributed by atoms with E-state index in [1.165, 1.54) is 4.88 Å². The van der Waals surface area contributed by atoms with Crippen molar-refractivity contribution in [1.29, 1.82) is 0 Å². The first-order valence-corrected chi connectivity index (χ1v) is 6.58. The van der Waals surface area contributed by atoms with Crippen molar-refractivity contribution in [2.75, 3.05) is 11.1 Å². The summed E-state index contributed by atoms with van der Waals surface area (Å²) in [4.78, 5) is 8.67. The molecule has 0 saturated heterocycles. The molecule has 4 N–H and O–H groups in total. The maximum absolute atomic E-state index is 5.87. The Morgan fingerprint density at radius 3 is 2.71 bits per heavy atom. The van der Waals surface area contributed by atoms with E-state index < -0.39 is 0 Å². The zero-order valence-corrected chi connectivity index (χ0v) is 11.1. The standard InChI is InChI=1S/C12H18N4S/c1-7(2)10(9-5-4-6-17-9)16-12-11(13)14-8(3)15-12/h4-7,10,16H,13H2,1-3H3,(H,14,15). The number of anilines is 2. The molecule has 0 bridgehead atoms. The molecule has 2 aromatic rings. The Morgan fingerprint density at radius 1 is 1.47 bits per heavy atom. The van der Waals surface area contributed by atoms with Crippen molar-refractivity contribution >= 4 is 23.0 Å². The van der Waals surface area contributed by atoms with Gasteiger partial charge in [0.05, 0.1) is 6.04 Å². The summed E-state index contributed by atoms with van der Waals surface area (Å²) in [6.45, 7) is 6.28. The van der Waals surface area contributed by atoms with E-state index in [-0.39, 0.29) is 6.04 Å². The summed E-state index contributed by atoms with van der Waals surface area (Å²) in [5.74, 6) is 2.66. The molecule has 0 radical (unpaired) electrons. The highest BCUT2D eigenvalue weighted by Gasteiger charge is 2.18. The number of hydrogen-bond donors (Lipinski definition) is 3. The molecular formula is C12H18N4S. The van der Waals surface area contributed by atoms with Gasteiger partial charge < -0.3 is 16.0 Å². The number of aromatic nitrogens is 2. The van der Waals surface area contributed by atoms with Gasteiger partial charge in [-0.25, -0.2) is 4.98 Å². The average Bonchev–Trinajstić information content (AvgIpc) is 2.84. The van der Waals surface area contributed by atoms with E-state index in [1.807, 2.05) is 6.92 Å². The van der Waals surface area contributed by atoms with Gasteiger partial charge in [-0.3, -0.25) is 0 Å². The minimum atomic E-state index is 0.250. The van der Waals surface area contributed by atoms with Crippen molar-refractivity contribution < 1.29 is 0 Å². The molecule has 1 unspecified atom stereocenters. The first-order chi connectivity index (χ1) is 8.08. The van der Waals surface area contributed by atoms with Crippen LogP contribution in [0, 0.1) is 12.8 Å². The highest BCUT2D eigenvalue weighted by Crippen LogP contribution is 2.30. The lowest BCUT2D eigenvalue weighted by atomic mass is 10.0. The smallest absolute Gasteiger partial charge is 0.169 e. The summed E-state index contributed by atoms with van der Waals surface area (Å²) in [6, 6.07) is 4.45. The second-order valence-corrected chi connectivity index (χ2v) is 5.45. The van der Waals surface area contributed by atoms with E-state index in [0.717, 1.165) is 11.6 Å². The van der Waals surface area contributed by atoms with Crippen molar-refractivity contribution in [2.45, 2.75) is 26.8 Å². The van der Waals surface area contributed by atoms with E-state index in [0.29, 0.717) is 11.7 Å². The Hall–Kier alpha value is -1.49. The van der Waals surface area contributed by atoms with Gasteiger partial charge >= 0.3 is 0 Å². The van der Waals surface area contributed by atoms with Crippen LogP contribution in [0.2, 0.25) is 0 Å². The number of aryl methyl sites for hydroxylation is 1. The summed E-state index contributed by atoms with van der Waals surface area (Å²) in [5.41, 5.74) is 5.87. The molecule has 17 heavy (non-hydrogen) atoms. The summed E-state index contributed by atoms with van der Waals surface area (Å²) >= 11 is 1.75. The monoisotopic (exact) mass is 250 g/mol. The topological polar surface area (TPSA) is 66.7 Å². The maximum atomic E-state index is 5.87. The quantitative estimate of drug-likeness (QED) is 0.780. The number of nitrogens with zero attached hydrogens (tertiary/aromatic N) is 1. The van der Waals surface area contributed by atoms with Crippen LogP contribution in [-0.4, -0.2) is 9.97 Å². The van der Waals surface area contributed by atoms with Crippen molar-refractivity contribution in [1.82, 2.24) is 9.97 Å². The van der Waals surface area contributed by atoms with Crippen LogP contribution in [0.15, 0.2) is 17.5 Å². The first-order valence-electron chi connectivity index (χ1n) is 5.70. The summed E-state index contributed by atoms with van der Waals surface area (Å²) in [5, 5.41) is 5.50. The van der Waals surface area contributed by atoms with E-state index in [9.17, 15) is 0 Å². The predicted molar refractivity (Wildman–Crippen MR) is 73.3 cm³/mol. The molecule has 0 aliphatic rings. The Kier molecular flexibility index (Phi) is 3.38. The first kappa shape index (κ1) is 12.0. The van der Waals surface area contributed by atoms with Crippen molar-refractivity contribution in [3.8, 4) is 0 Å². The predicted octanol–water partition coefficient (Wildman–Crippen LogP) is 3.17. The number of nitrogens with one attached hydrogen (secondary N) is 2. The molecule has 0 spiro atoms. The normalized spacial score (nSPS) is 12.9. The Balaban J connectivity index is 2.22. The molecule has 0 amide bonds. The molecule has 0 aromatic carbocycles. The third-order valence-corrected chi connectivity index (χ3v) is 3.61. The SMILES string of the molecule is Cc1nc(NC(c2cccs2)C(C)C)c(N)[nH]1. The lowest BCUT2D eigenvalue weighted by Gasteiger charge is -2.21. The molecule has 0 saturated carbocycles. The number of H-pyrrole nitrogens is 1. The van der Waals surface area contributed by atoms with Gasteiger partial charge in [-0.1, -0.05) is 19.9 Å². The lowest BCUT2D eigenvalue weighted by molar-refractivity contribution is 0.552. The zero-order valence-electron chi connectivity index (χ0n) is 10.3. The van der Waals surface area contributed by atoms with Crippen LogP contribution in [0.1, 0.15) is 30.6 Å². The van der Waals surface area contributed by atoms with Gasteiger partial charge in [0.25, 0.3) is 0 Å². The summed E-state index contributed by atoms with van der Waals surface area (Å²) < 4.78 is 0. The molecule has 2 aromatic heterocycles. The minimum absolute atomic E-state index is 0.250. The number of thiophene rings is 1. The van der Waals surface area contributed by atoms with Gasteiger partial charge in [0.1, 0.15) is 11.6 Å². The second kappa shape index (κ2) is 4.79. The number of rotatable bonds is 4. The second-order valence-electron chi connectivity index (χ2n) is 4.47. The van der Waals surface area contributed by atoms with Crippen LogP contribution < -0.4 is 11.1 Å². The molecule has 0 fully saturated rings. The maximum Gasteiger partial charge on any atom is 0.169 e. The fourth-order valence-corrected chi connectivity index (χ4v) is 2.75. The number of imidazole rings is 1. The van der Waals surface area contributed by atoms with E-state index in [2.05, 4.69) is 46.6 Å².